The van der Waals surface area contributed by atoms with Gasteiger partial charge in [-0.05, 0) is 38.0 Å². The highest BCUT2D eigenvalue weighted by Crippen LogP contribution is 2.12. The third-order valence-electron chi connectivity index (χ3n) is 3.62. The van der Waals surface area contributed by atoms with Crippen molar-refractivity contribution < 1.29 is 9.84 Å². The molecule has 0 bridgehead atoms. The summed E-state index contributed by atoms with van der Waals surface area (Å²) < 4.78 is 5.60. The molecule has 0 amide bonds. The average molecular weight is 293 g/mol. The number of benzene rings is 1. The van der Waals surface area contributed by atoms with Crippen molar-refractivity contribution in [3.63, 3.8) is 0 Å². The maximum atomic E-state index is 9.95. The molecule has 0 aliphatic rings. The van der Waals surface area contributed by atoms with Crippen molar-refractivity contribution in [3.8, 4) is 5.75 Å². The normalized spacial score (nSPS) is 13.9. The molecule has 1 aromatic carbocycles. The quantitative estimate of drug-likeness (QED) is 0.612. The van der Waals surface area contributed by atoms with Gasteiger partial charge in [0.05, 0.1) is 0 Å². The van der Waals surface area contributed by atoms with Crippen molar-refractivity contribution in [2.75, 3.05) is 13.2 Å². The lowest BCUT2D eigenvalue weighted by Gasteiger charge is -2.17. The van der Waals surface area contributed by atoms with Gasteiger partial charge in [0.25, 0.3) is 0 Å². The Bertz CT molecular complexity index is 381. The lowest BCUT2D eigenvalue weighted by molar-refractivity contribution is 0.103. The van der Waals surface area contributed by atoms with Crippen LogP contribution >= 0.6 is 0 Å². The van der Waals surface area contributed by atoms with E-state index in [1.165, 1.54) is 37.7 Å². The summed E-state index contributed by atoms with van der Waals surface area (Å²) >= 11 is 0. The Morgan fingerprint density at radius 3 is 2.76 bits per heavy atom. The third-order valence-corrected chi connectivity index (χ3v) is 3.62. The molecule has 0 spiro atoms. The smallest absolute Gasteiger partial charge is 0.119 e. The zero-order valence-electron chi connectivity index (χ0n) is 13.8. The molecule has 21 heavy (non-hydrogen) atoms. The first-order chi connectivity index (χ1) is 10.1. The number of aliphatic hydroxyl groups excluding tert-OH is 1. The van der Waals surface area contributed by atoms with E-state index in [0.29, 0.717) is 19.2 Å². The van der Waals surface area contributed by atoms with Gasteiger partial charge in [0, 0.05) is 12.6 Å². The highest BCUT2D eigenvalue weighted by Gasteiger charge is 2.08. The first-order valence-electron chi connectivity index (χ1n) is 8.22. The van der Waals surface area contributed by atoms with Crippen LogP contribution in [0.3, 0.4) is 0 Å². The molecule has 0 heterocycles. The van der Waals surface area contributed by atoms with Gasteiger partial charge in [-0.2, -0.15) is 0 Å². The molecule has 0 fully saturated rings. The summed E-state index contributed by atoms with van der Waals surface area (Å²) in [7, 11) is 0. The number of rotatable bonds is 11. The van der Waals surface area contributed by atoms with Crippen molar-refractivity contribution in [1.82, 2.24) is 5.32 Å². The highest BCUT2D eigenvalue weighted by molar-refractivity contribution is 5.27. The maximum absolute atomic E-state index is 9.95. The largest absolute Gasteiger partial charge is 0.491 e. The molecule has 1 aromatic rings. The van der Waals surface area contributed by atoms with Gasteiger partial charge in [0.2, 0.25) is 0 Å². The van der Waals surface area contributed by atoms with Gasteiger partial charge in [-0.3, -0.25) is 0 Å². The molecule has 0 aliphatic heterocycles. The Hall–Kier alpha value is -1.06. The van der Waals surface area contributed by atoms with Gasteiger partial charge < -0.3 is 15.2 Å². The summed E-state index contributed by atoms with van der Waals surface area (Å²) in [4.78, 5) is 0. The van der Waals surface area contributed by atoms with Crippen LogP contribution in [0.2, 0.25) is 0 Å². The zero-order chi connectivity index (χ0) is 15.5. The minimum absolute atomic E-state index is 0.332. The molecule has 0 aliphatic carbocycles. The minimum atomic E-state index is -0.469. The van der Waals surface area contributed by atoms with Gasteiger partial charge in [0.1, 0.15) is 18.5 Å². The summed E-state index contributed by atoms with van der Waals surface area (Å²) in [5.74, 6) is 0.821. The Kier molecular flexibility index (Phi) is 9.11. The molecule has 2 atom stereocenters. The number of hydrogen-bond donors (Lipinski definition) is 2. The molecule has 0 radical (unpaired) electrons. The van der Waals surface area contributed by atoms with Gasteiger partial charge in [-0.25, -0.2) is 0 Å². The zero-order valence-corrected chi connectivity index (χ0v) is 13.8. The average Bonchev–Trinajstić information content (AvgIpc) is 2.47. The van der Waals surface area contributed by atoms with Gasteiger partial charge in [-0.1, -0.05) is 44.7 Å². The fraction of sp³-hybridized carbons (Fsp3) is 0.667. The van der Waals surface area contributed by atoms with Crippen LogP contribution in [0.4, 0.5) is 0 Å². The van der Waals surface area contributed by atoms with Crippen LogP contribution in [0.5, 0.6) is 5.75 Å². The van der Waals surface area contributed by atoms with Crippen LogP contribution in [0, 0.1) is 6.92 Å². The molecule has 1 rings (SSSR count). The summed E-state index contributed by atoms with van der Waals surface area (Å²) in [6, 6.07) is 8.36. The second-order valence-electron chi connectivity index (χ2n) is 5.94. The van der Waals surface area contributed by atoms with E-state index in [1.807, 2.05) is 31.2 Å². The molecule has 0 saturated heterocycles. The molecule has 120 valence electrons. The van der Waals surface area contributed by atoms with E-state index >= 15 is 0 Å². The standard InChI is InChI=1S/C18H31NO2/c1-4-5-6-7-10-16(3)19-13-17(20)14-21-18-11-8-9-15(2)12-18/h8-9,11-12,16-17,19-20H,4-7,10,13-14H2,1-3H3/t16-,17-/m0/s1. The van der Waals surface area contributed by atoms with E-state index in [1.54, 1.807) is 0 Å². The molecule has 2 N–H and O–H groups in total. The van der Waals surface area contributed by atoms with Crippen LogP contribution in [0.1, 0.15) is 51.5 Å². The molecule has 3 heteroatoms. The SMILES string of the molecule is CCCCCC[C@H](C)NC[C@H](O)COc1cccc(C)c1. The molecule has 0 unspecified atom stereocenters. The number of nitrogens with one attached hydrogen (secondary N) is 1. The fourth-order valence-electron chi connectivity index (χ4n) is 2.27. The van der Waals surface area contributed by atoms with Gasteiger partial charge >= 0.3 is 0 Å². The van der Waals surface area contributed by atoms with Crippen LogP contribution in [-0.2, 0) is 0 Å². The lowest BCUT2D eigenvalue weighted by Crippen LogP contribution is -2.36. The number of unbranched alkanes of at least 4 members (excludes halogenated alkanes) is 3. The van der Waals surface area contributed by atoms with Crippen molar-refractivity contribution in [2.45, 2.75) is 65.0 Å². The van der Waals surface area contributed by atoms with E-state index in [4.69, 9.17) is 4.74 Å². The fourth-order valence-corrected chi connectivity index (χ4v) is 2.27. The van der Waals surface area contributed by atoms with Gasteiger partial charge in [0.15, 0.2) is 0 Å². The van der Waals surface area contributed by atoms with E-state index in [9.17, 15) is 5.11 Å². The molecular weight excluding hydrogens is 262 g/mol. The molecule has 0 saturated carbocycles. The summed E-state index contributed by atoms with van der Waals surface area (Å²) in [6.07, 6.45) is 5.87. The number of hydrogen-bond acceptors (Lipinski definition) is 3. The van der Waals surface area contributed by atoms with Crippen LogP contribution in [-0.4, -0.2) is 30.4 Å². The van der Waals surface area contributed by atoms with Crippen molar-refractivity contribution in [3.05, 3.63) is 29.8 Å². The molecular formula is C18H31NO2. The lowest BCUT2D eigenvalue weighted by atomic mass is 10.1. The molecule has 0 aromatic heterocycles. The van der Waals surface area contributed by atoms with Crippen LogP contribution in [0.25, 0.3) is 0 Å². The first kappa shape index (κ1) is 18.0. The predicted octanol–water partition coefficient (Wildman–Crippen LogP) is 3.68. The Labute approximate surface area is 129 Å². The predicted molar refractivity (Wildman–Crippen MR) is 88.9 cm³/mol. The van der Waals surface area contributed by atoms with E-state index in [0.717, 1.165) is 5.75 Å². The summed E-state index contributed by atoms with van der Waals surface area (Å²) in [5.41, 5.74) is 1.17. The highest BCUT2D eigenvalue weighted by atomic mass is 16.5. The van der Waals surface area contributed by atoms with Crippen LogP contribution < -0.4 is 10.1 Å². The Morgan fingerprint density at radius 1 is 1.24 bits per heavy atom. The monoisotopic (exact) mass is 293 g/mol. The Balaban J connectivity index is 2.11. The van der Waals surface area contributed by atoms with Crippen molar-refractivity contribution in [2.24, 2.45) is 0 Å². The first-order valence-corrected chi connectivity index (χ1v) is 8.22. The Morgan fingerprint density at radius 2 is 2.05 bits per heavy atom. The second-order valence-corrected chi connectivity index (χ2v) is 5.94. The third kappa shape index (κ3) is 8.74. The van der Waals surface area contributed by atoms with Gasteiger partial charge in [-0.15, -0.1) is 0 Å². The number of ether oxygens (including phenoxy) is 1. The van der Waals surface area contributed by atoms with E-state index in [-0.39, 0.29) is 0 Å². The maximum Gasteiger partial charge on any atom is 0.119 e. The number of aliphatic hydroxyl groups is 1. The molecule has 3 nitrogen and oxygen atoms in total. The van der Waals surface area contributed by atoms with Crippen LogP contribution in [0.15, 0.2) is 24.3 Å². The van der Waals surface area contributed by atoms with E-state index in [2.05, 4.69) is 19.2 Å². The topological polar surface area (TPSA) is 41.5 Å². The van der Waals surface area contributed by atoms with Crippen molar-refractivity contribution in [1.29, 1.82) is 0 Å². The summed E-state index contributed by atoms with van der Waals surface area (Å²) in [5, 5.41) is 13.3. The van der Waals surface area contributed by atoms with E-state index < -0.39 is 6.10 Å². The second kappa shape index (κ2) is 10.6. The van der Waals surface area contributed by atoms with Crippen molar-refractivity contribution >= 4 is 0 Å². The number of aryl methyl sites for hydroxylation is 1. The minimum Gasteiger partial charge on any atom is -0.491 e. The summed E-state index contributed by atoms with van der Waals surface area (Å²) in [6.45, 7) is 7.36.